The van der Waals surface area contributed by atoms with Gasteiger partial charge in [0.2, 0.25) is 0 Å². The largest absolute Gasteiger partial charge is 0.497 e. The Labute approximate surface area is 106 Å². The van der Waals surface area contributed by atoms with Crippen LogP contribution in [0.15, 0.2) is 24.3 Å². The molecule has 0 saturated heterocycles. The lowest BCUT2D eigenvalue weighted by atomic mass is 10.1. The fourth-order valence-corrected chi connectivity index (χ4v) is 1.47. The summed E-state index contributed by atoms with van der Waals surface area (Å²) < 4.78 is 33.3. The lowest BCUT2D eigenvalue weighted by molar-refractivity contribution is 0.0188. The molecule has 0 aliphatic heterocycles. The van der Waals surface area contributed by atoms with Crippen LogP contribution < -0.4 is 10.1 Å². The minimum atomic E-state index is -2.38. The number of nitrogens with one attached hydrogen (secondary N) is 1. The predicted octanol–water partition coefficient (Wildman–Crippen LogP) is 2.11. The molecule has 0 aromatic heterocycles. The number of rotatable bonds is 9. The normalized spacial score (nSPS) is 10.9. The maximum Gasteiger partial charge on any atom is 0.261 e. The summed E-state index contributed by atoms with van der Waals surface area (Å²) in [7, 11) is 1.63. The molecule has 3 nitrogen and oxygen atoms in total. The van der Waals surface area contributed by atoms with Crippen LogP contribution in [0.2, 0.25) is 0 Å². The van der Waals surface area contributed by atoms with E-state index >= 15 is 0 Å². The SMILES string of the molecule is COc1ccc(CCNCCOCC(F)F)cc1. The van der Waals surface area contributed by atoms with Crippen molar-refractivity contribution in [2.24, 2.45) is 0 Å². The monoisotopic (exact) mass is 259 g/mol. The molecule has 0 heterocycles. The van der Waals surface area contributed by atoms with Crippen LogP contribution >= 0.6 is 0 Å². The van der Waals surface area contributed by atoms with Crippen LogP contribution in [0.4, 0.5) is 8.78 Å². The number of benzene rings is 1. The zero-order chi connectivity index (χ0) is 13.2. The van der Waals surface area contributed by atoms with Crippen LogP contribution in [-0.4, -0.2) is 39.8 Å². The molecule has 0 amide bonds. The Morgan fingerprint density at radius 1 is 1.17 bits per heavy atom. The Bertz CT molecular complexity index is 317. The topological polar surface area (TPSA) is 30.5 Å². The molecule has 0 radical (unpaired) electrons. The summed E-state index contributed by atoms with van der Waals surface area (Å²) in [6.45, 7) is 1.21. The summed E-state index contributed by atoms with van der Waals surface area (Å²) in [5.74, 6) is 0.840. The summed E-state index contributed by atoms with van der Waals surface area (Å²) in [6, 6.07) is 7.85. The molecule has 0 unspecified atom stereocenters. The van der Waals surface area contributed by atoms with Gasteiger partial charge in [-0.2, -0.15) is 0 Å². The van der Waals surface area contributed by atoms with Crippen molar-refractivity contribution < 1.29 is 18.3 Å². The highest BCUT2D eigenvalue weighted by atomic mass is 19.3. The molecule has 18 heavy (non-hydrogen) atoms. The van der Waals surface area contributed by atoms with E-state index < -0.39 is 13.0 Å². The van der Waals surface area contributed by atoms with Gasteiger partial charge in [-0.25, -0.2) is 8.78 Å². The summed E-state index contributed by atoms with van der Waals surface area (Å²) >= 11 is 0. The van der Waals surface area contributed by atoms with Gasteiger partial charge in [-0.15, -0.1) is 0 Å². The van der Waals surface area contributed by atoms with Crippen LogP contribution in [0.1, 0.15) is 5.56 Å². The van der Waals surface area contributed by atoms with Crippen LogP contribution in [0.25, 0.3) is 0 Å². The quantitative estimate of drug-likeness (QED) is 0.689. The van der Waals surface area contributed by atoms with E-state index in [1.807, 2.05) is 24.3 Å². The highest BCUT2D eigenvalue weighted by Gasteiger charge is 2.00. The summed E-state index contributed by atoms with van der Waals surface area (Å²) in [4.78, 5) is 0. The molecule has 0 saturated carbocycles. The van der Waals surface area contributed by atoms with Crippen molar-refractivity contribution in [3.63, 3.8) is 0 Å². The number of hydrogen-bond acceptors (Lipinski definition) is 3. The number of alkyl halides is 2. The Balaban J connectivity index is 2.03. The Hall–Kier alpha value is -1.20. The van der Waals surface area contributed by atoms with E-state index in [0.29, 0.717) is 13.2 Å². The van der Waals surface area contributed by atoms with Gasteiger partial charge in [0, 0.05) is 6.54 Å². The molecule has 5 heteroatoms. The van der Waals surface area contributed by atoms with Gasteiger partial charge >= 0.3 is 0 Å². The second-order valence-electron chi connectivity index (χ2n) is 3.81. The van der Waals surface area contributed by atoms with Crippen molar-refractivity contribution in [2.75, 3.05) is 33.4 Å². The first kappa shape index (κ1) is 14.9. The van der Waals surface area contributed by atoms with Crippen molar-refractivity contribution in [1.29, 1.82) is 0 Å². The van der Waals surface area contributed by atoms with Gasteiger partial charge in [-0.1, -0.05) is 12.1 Å². The molecule has 1 aromatic rings. The first-order valence-corrected chi connectivity index (χ1v) is 5.92. The fraction of sp³-hybridized carbons (Fsp3) is 0.538. The third kappa shape index (κ3) is 6.51. The average Bonchev–Trinajstić information content (AvgIpc) is 2.38. The molecular weight excluding hydrogens is 240 g/mol. The van der Waals surface area contributed by atoms with Gasteiger partial charge in [-0.05, 0) is 30.7 Å². The highest BCUT2D eigenvalue weighted by molar-refractivity contribution is 5.27. The molecule has 1 aromatic carbocycles. The molecule has 0 bridgehead atoms. The number of methoxy groups -OCH3 is 1. The van der Waals surface area contributed by atoms with Gasteiger partial charge < -0.3 is 14.8 Å². The van der Waals surface area contributed by atoms with E-state index in [2.05, 4.69) is 5.32 Å². The van der Waals surface area contributed by atoms with Crippen molar-refractivity contribution in [2.45, 2.75) is 12.8 Å². The van der Waals surface area contributed by atoms with E-state index in [9.17, 15) is 8.78 Å². The van der Waals surface area contributed by atoms with Crippen LogP contribution in [0.5, 0.6) is 5.75 Å². The molecule has 1 N–H and O–H groups in total. The summed E-state index contributed by atoms with van der Waals surface area (Å²) in [5.41, 5.74) is 1.21. The second-order valence-corrected chi connectivity index (χ2v) is 3.81. The molecular formula is C13H19F2NO2. The van der Waals surface area contributed by atoms with E-state index in [-0.39, 0.29) is 0 Å². The minimum absolute atomic E-state index is 0.312. The molecule has 0 aliphatic rings. The molecule has 0 spiro atoms. The fourth-order valence-electron chi connectivity index (χ4n) is 1.47. The number of halogens is 2. The third-order valence-corrected chi connectivity index (χ3v) is 2.42. The van der Waals surface area contributed by atoms with Crippen molar-refractivity contribution in [1.82, 2.24) is 5.32 Å². The van der Waals surface area contributed by atoms with Gasteiger partial charge in [0.25, 0.3) is 6.43 Å². The zero-order valence-electron chi connectivity index (χ0n) is 10.5. The van der Waals surface area contributed by atoms with E-state index in [1.165, 1.54) is 5.56 Å². The average molecular weight is 259 g/mol. The molecule has 0 aliphatic carbocycles. The van der Waals surface area contributed by atoms with Gasteiger partial charge in [0.15, 0.2) is 0 Å². The van der Waals surface area contributed by atoms with E-state index in [4.69, 9.17) is 9.47 Å². The van der Waals surface area contributed by atoms with E-state index in [0.717, 1.165) is 18.7 Å². The predicted molar refractivity (Wildman–Crippen MR) is 66.4 cm³/mol. The lowest BCUT2D eigenvalue weighted by Crippen LogP contribution is -2.23. The van der Waals surface area contributed by atoms with Crippen LogP contribution in [0, 0.1) is 0 Å². The Kier molecular flexibility index (Phi) is 7.29. The first-order valence-electron chi connectivity index (χ1n) is 5.92. The zero-order valence-corrected chi connectivity index (χ0v) is 10.5. The smallest absolute Gasteiger partial charge is 0.261 e. The number of ether oxygens (including phenoxy) is 2. The van der Waals surface area contributed by atoms with Gasteiger partial charge in [0.05, 0.1) is 13.7 Å². The van der Waals surface area contributed by atoms with Crippen molar-refractivity contribution in [3.8, 4) is 5.75 Å². The number of hydrogen-bond donors (Lipinski definition) is 1. The first-order chi connectivity index (χ1) is 8.72. The highest BCUT2D eigenvalue weighted by Crippen LogP contribution is 2.11. The van der Waals surface area contributed by atoms with Crippen LogP contribution in [-0.2, 0) is 11.2 Å². The maximum absolute atomic E-state index is 11.7. The Morgan fingerprint density at radius 2 is 1.89 bits per heavy atom. The molecule has 0 atom stereocenters. The van der Waals surface area contributed by atoms with E-state index in [1.54, 1.807) is 7.11 Å². The molecule has 102 valence electrons. The van der Waals surface area contributed by atoms with Gasteiger partial charge in [0.1, 0.15) is 12.4 Å². The standard InChI is InChI=1S/C13H19F2NO2/c1-17-12-4-2-11(3-5-12)6-7-16-8-9-18-10-13(14)15/h2-5,13,16H,6-10H2,1H3. The maximum atomic E-state index is 11.7. The summed E-state index contributed by atoms with van der Waals surface area (Å²) in [6.07, 6.45) is -1.50. The lowest BCUT2D eigenvalue weighted by Gasteiger charge is -2.06. The minimum Gasteiger partial charge on any atom is -0.497 e. The molecule has 0 fully saturated rings. The van der Waals surface area contributed by atoms with Crippen LogP contribution in [0.3, 0.4) is 0 Å². The second kappa shape index (κ2) is 8.83. The summed E-state index contributed by atoms with van der Waals surface area (Å²) in [5, 5.41) is 3.14. The Morgan fingerprint density at radius 3 is 2.50 bits per heavy atom. The molecule has 1 rings (SSSR count). The van der Waals surface area contributed by atoms with Crippen molar-refractivity contribution in [3.05, 3.63) is 29.8 Å². The third-order valence-electron chi connectivity index (χ3n) is 2.42. The van der Waals surface area contributed by atoms with Gasteiger partial charge in [-0.3, -0.25) is 0 Å². The van der Waals surface area contributed by atoms with Crippen molar-refractivity contribution >= 4 is 0 Å².